The molecule has 0 atom stereocenters. The number of carbonyl (C=O) groups excluding carboxylic acids is 1. The smallest absolute Gasteiger partial charge is 0.274 e. The Morgan fingerprint density at radius 2 is 1.95 bits per heavy atom. The van der Waals surface area contributed by atoms with E-state index in [1.54, 1.807) is 18.1 Å². The summed E-state index contributed by atoms with van der Waals surface area (Å²) < 4.78 is 2.96. The van der Waals surface area contributed by atoms with Gasteiger partial charge in [0.2, 0.25) is 0 Å². The number of pyridine rings is 1. The lowest BCUT2D eigenvalue weighted by molar-refractivity contribution is 0.0780. The van der Waals surface area contributed by atoms with Gasteiger partial charge in [-0.2, -0.15) is 0 Å². The van der Waals surface area contributed by atoms with Crippen LogP contribution in [0.2, 0.25) is 0 Å². The number of hydrogen-bond donors (Lipinski definition) is 0. The molecule has 0 aliphatic rings. The Bertz CT molecular complexity index is 824. The number of imidazole rings is 1. The van der Waals surface area contributed by atoms with E-state index in [9.17, 15) is 4.79 Å². The molecule has 1 aromatic carbocycles. The number of amides is 1. The van der Waals surface area contributed by atoms with Crippen LogP contribution in [0.3, 0.4) is 0 Å². The zero-order chi connectivity index (χ0) is 15.7. The Labute approximate surface area is 137 Å². The van der Waals surface area contributed by atoms with Crippen molar-refractivity contribution in [3.05, 3.63) is 70.1 Å². The minimum Gasteiger partial charge on any atom is -0.336 e. The Morgan fingerprint density at radius 1 is 1.23 bits per heavy atom. The van der Waals surface area contributed by atoms with Crippen molar-refractivity contribution in [2.24, 2.45) is 0 Å². The molecule has 1 amide bonds. The molecule has 2 aromatic heterocycles. The zero-order valence-corrected chi connectivity index (χ0v) is 14.0. The summed E-state index contributed by atoms with van der Waals surface area (Å²) in [5.74, 6) is -0.0778. The van der Waals surface area contributed by atoms with Gasteiger partial charge in [-0.25, -0.2) is 4.98 Å². The number of aryl methyl sites for hydroxylation is 1. The van der Waals surface area contributed by atoms with E-state index in [4.69, 9.17) is 0 Å². The van der Waals surface area contributed by atoms with Crippen LogP contribution in [-0.2, 0) is 6.54 Å². The lowest BCUT2D eigenvalue weighted by atomic mass is 10.2. The molecule has 2 heterocycles. The van der Waals surface area contributed by atoms with E-state index >= 15 is 0 Å². The number of rotatable bonds is 3. The molecule has 0 saturated carbocycles. The number of nitrogens with zero attached hydrogens (tertiary/aromatic N) is 3. The van der Waals surface area contributed by atoms with Gasteiger partial charge in [-0.3, -0.25) is 4.79 Å². The highest BCUT2D eigenvalue weighted by Gasteiger charge is 2.16. The van der Waals surface area contributed by atoms with Gasteiger partial charge in [-0.1, -0.05) is 34.1 Å². The standard InChI is InChI=1S/C17H16BrN3O/c1-12-4-3-5-16-19-15(11-21(12)16)17(22)20(2)10-13-6-8-14(18)9-7-13/h3-9,11H,10H2,1-2H3. The molecule has 5 heteroatoms. The second kappa shape index (κ2) is 5.93. The fourth-order valence-electron chi connectivity index (χ4n) is 2.38. The summed E-state index contributed by atoms with van der Waals surface area (Å²) in [6.07, 6.45) is 1.80. The van der Waals surface area contributed by atoms with E-state index < -0.39 is 0 Å². The molecule has 4 nitrogen and oxygen atoms in total. The highest BCUT2D eigenvalue weighted by Crippen LogP contribution is 2.14. The van der Waals surface area contributed by atoms with Gasteiger partial charge in [0.25, 0.3) is 5.91 Å². The van der Waals surface area contributed by atoms with Crippen LogP contribution in [-0.4, -0.2) is 27.2 Å². The summed E-state index contributed by atoms with van der Waals surface area (Å²) in [4.78, 5) is 18.6. The van der Waals surface area contributed by atoms with Gasteiger partial charge in [0.15, 0.2) is 0 Å². The minimum absolute atomic E-state index is 0.0778. The van der Waals surface area contributed by atoms with Crippen molar-refractivity contribution >= 4 is 27.5 Å². The molecular weight excluding hydrogens is 342 g/mol. The van der Waals surface area contributed by atoms with Crippen molar-refractivity contribution < 1.29 is 4.79 Å². The molecule has 0 unspecified atom stereocenters. The number of benzene rings is 1. The predicted octanol–water partition coefficient (Wildman–Crippen LogP) is 3.68. The molecule has 112 valence electrons. The number of hydrogen-bond acceptors (Lipinski definition) is 2. The van der Waals surface area contributed by atoms with Crippen LogP contribution in [0.15, 0.2) is 53.1 Å². The highest BCUT2D eigenvalue weighted by molar-refractivity contribution is 9.10. The Kier molecular flexibility index (Phi) is 3.98. The van der Waals surface area contributed by atoms with Crippen LogP contribution in [0.4, 0.5) is 0 Å². The Morgan fingerprint density at radius 3 is 2.64 bits per heavy atom. The summed E-state index contributed by atoms with van der Waals surface area (Å²) in [5, 5.41) is 0. The molecule has 0 fully saturated rings. The monoisotopic (exact) mass is 357 g/mol. The van der Waals surface area contributed by atoms with E-state index in [1.165, 1.54) is 0 Å². The predicted molar refractivity (Wildman–Crippen MR) is 89.9 cm³/mol. The van der Waals surface area contributed by atoms with Crippen molar-refractivity contribution in [1.82, 2.24) is 14.3 Å². The maximum Gasteiger partial charge on any atom is 0.274 e. The second-order valence-corrected chi connectivity index (χ2v) is 6.22. The summed E-state index contributed by atoms with van der Waals surface area (Å²) in [6, 6.07) is 13.8. The van der Waals surface area contributed by atoms with Gasteiger partial charge in [0.05, 0.1) is 0 Å². The minimum atomic E-state index is -0.0778. The summed E-state index contributed by atoms with van der Waals surface area (Å²) >= 11 is 3.41. The van der Waals surface area contributed by atoms with Crippen LogP contribution in [0.1, 0.15) is 21.7 Å². The Hall–Kier alpha value is -2.14. The molecule has 3 aromatic rings. The maximum absolute atomic E-state index is 12.5. The summed E-state index contributed by atoms with van der Waals surface area (Å²) in [5.41, 5.74) is 3.40. The van der Waals surface area contributed by atoms with Crippen LogP contribution in [0.25, 0.3) is 5.65 Å². The number of fused-ring (bicyclic) bond motifs is 1. The average Bonchev–Trinajstić information content (AvgIpc) is 2.94. The number of carbonyl (C=O) groups is 1. The SMILES string of the molecule is Cc1cccc2nc(C(=O)N(C)Cc3ccc(Br)cc3)cn12. The van der Waals surface area contributed by atoms with Crippen molar-refractivity contribution in [1.29, 1.82) is 0 Å². The normalized spacial score (nSPS) is 10.9. The lowest BCUT2D eigenvalue weighted by Gasteiger charge is -2.15. The molecule has 22 heavy (non-hydrogen) atoms. The summed E-state index contributed by atoms with van der Waals surface area (Å²) in [7, 11) is 1.79. The van der Waals surface area contributed by atoms with Crippen LogP contribution >= 0.6 is 15.9 Å². The van der Waals surface area contributed by atoms with Crippen LogP contribution < -0.4 is 0 Å². The van der Waals surface area contributed by atoms with Crippen molar-refractivity contribution in [3.63, 3.8) is 0 Å². The van der Waals surface area contributed by atoms with Gasteiger partial charge in [0, 0.05) is 30.0 Å². The van der Waals surface area contributed by atoms with E-state index in [-0.39, 0.29) is 5.91 Å². The third kappa shape index (κ3) is 2.90. The zero-order valence-electron chi connectivity index (χ0n) is 12.5. The molecule has 3 rings (SSSR count). The lowest BCUT2D eigenvalue weighted by Crippen LogP contribution is -2.26. The van der Waals surface area contributed by atoms with Crippen molar-refractivity contribution in [2.45, 2.75) is 13.5 Å². The molecule has 0 aliphatic heterocycles. The first-order valence-corrected chi connectivity index (χ1v) is 7.78. The van der Waals surface area contributed by atoms with E-state index in [0.717, 1.165) is 21.4 Å². The molecule has 0 radical (unpaired) electrons. The van der Waals surface area contributed by atoms with Crippen molar-refractivity contribution in [3.8, 4) is 0 Å². The summed E-state index contributed by atoms with van der Waals surface area (Å²) in [6.45, 7) is 2.55. The van der Waals surface area contributed by atoms with E-state index in [0.29, 0.717) is 12.2 Å². The average molecular weight is 358 g/mol. The third-order valence-corrected chi connectivity index (χ3v) is 4.12. The molecule has 0 aliphatic carbocycles. The molecule has 0 N–H and O–H groups in total. The highest BCUT2D eigenvalue weighted by atomic mass is 79.9. The van der Waals surface area contributed by atoms with Gasteiger partial charge in [-0.05, 0) is 36.8 Å². The third-order valence-electron chi connectivity index (χ3n) is 3.59. The Balaban J connectivity index is 1.82. The van der Waals surface area contributed by atoms with Gasteiger partial charge >= 0.3 is 0 Å². The number of aromatic nitrogens is 2. The van der Waals surface area contributed by atoms with Gasteiger partial charge < -0.3 is 9.30 Å². The molecule has 0 bridgehead atoms. The number of halogens is 1. The van der Waals surface area contributed by atoms with E-state index in [1.807, 2.05) is 53.8 Å². The van der Waals surface area contributed by atoms with Gasteiger partial charge in [-0.15, -0.1) is 0 Å². The quantitative estimate of drug-likeness (QED) is 0.716. The first kappa shape index (κ1) is 14.8. The fraction of sp³-hybridized carbons (Fsp3) is 0.176. The molecular formula is C17H16BrN3O. The van der Waals surface area contributed by atoms with Crippen LogP contribution in [0.5, 0.6) is 0 Å². The molecule has 0 saturated heterocycles. The van der Waals surface area contributed by atoms with Crippen LogP contribution in [0, 0.1) is 6.92 Å². The largest absolute Gasteiger partial charge is 0.336 e. The first-order chi connectivity index (χ1) is 10.5. The van der Waals surface area contributed by atoms with E-state index in [2.05, 4.69) is 20.9 Å². The first-order valence-electron chi connectivity index (χ1n) is 6.99. The second-order valence-electron chi connectivity index (χ2n) is 5.31. The maximum atomic E-state index is 12.5. The van der Waals surface area contributed by atoms with Gasteiger partial charge in [0.1, 0.15) is 11.3 Å². The van der Waals surface area contributed by atoms with Crippen molar-refractivity contribution in [2.75, 3.05) is 7.05 Å². The molecule has 0 spiro atoms. The fourth-order valence-corrected chi connectivity index (χ4v) is 2.65. The topological polar surface area (TPSA) is 37.6 Å².